The summed E-state index contributed by atoms with van der Waals surface area (Å²) in [7, 11) is 0. The third kappa shape index (κ3) is 2.41. The fourth-order valence-electron chi connectivity index (χ4n) is 2.73. The number of anilines is 1. The van der Waals surface area contributed by atoms with Gasteiger partial charge in [-0.15, -0.1) is 0 Å². The average molecular weight is 252 g/mol. The molecule has 0 saturated carbocycles. The SMILES string of the molecule is Clc1cccc2c1CC(CN1CCNCC1)N2. The fraction of sp³-hybridized carbons (Fsp3) is 0.538. The molecular weight excluding hydrogens is 234 g/mol. The molecule has 1 aromatic carbocycles. The number of hydrogen-bond acceptors (Lipinski definition) is 3. The summed E-state index contributed by atoms with van der Waals surface area (Å²) in [6, 6.07) is 6.64. The first-order valence-electron chi connectivity index (χ1n) is 6.30. The molecule has 2 heterocycles. The van der Waals surface area contributed by atoms with Crippen molar-refractivity contribution in [2.45, 2.75) is 12.5 Å². The molecule has 2 aliphatic heterocycles. The maximum atomic E-state index is 6.21. The number of hydrogen-bond donors (Lipinski definition) is 2. The molecule has 1 fully saturated rings. The van der Waals surface area contributed by atoms with Crippen LogP contribution in [0.5, 0.6) is 0 Å². The van der Waals surface area contributed by atoms with Gasteiger partial charge in [0.1, 0.15) is 0 Å². The van der Waals surface area contributed by atoms with Crippen LogP contribution in [0, 0.1) is 0 Å². The van der Waals surface area contributed by atoms with Crippen molar-refractivity contribution in [3.8, 4) is 0 Å². The van der Waals surface area contributed by atoms with Gasteiger partial charge in [-0.05, 0) is 24.1 Å². The molecule has 0 aromatic heterocycles. The van der Waals surface area contributed by atoms with Gasteiger partial charge in [0, 0.05) is 49.5 Å². The van der Waals surface area contributed by atoms with Gasteiger partial charge in [0.15, 0.2) is 0 Å². The van der Waals surface area contributed by atoms with Gasteiger partial charge in [0.2, 0.25) is 0 Å². The van der Waals surface area contributed by atoms with Crippen LogP contribution >= 0.6 is 11.6 Å². The van der Waals surface area contributed by atoms with Crippen molar-refractivity contribution >= 4 is 17.3 Å². The largest absolute Gasteiger partial charge is 0.380 e. The van der Waals surface area contributed by atoms with E-state index in [-0.39, 0.29) is 0 Å². The van der Waals surface area contributed by atoms with Gasteiger partial charge < -0.3 is 10.6 Å². The molecule has 2 N–H and O–H groups in total. The molecule has 0 spiro atoms. The van der Waals surface area contributed by atoms with Crippen LogP contribution in [0.3, 0.4) is 0 Å². The molecule has 0 bridgehead atoms. The van der Waals surface area contributed by atoms with Crippen LogP contribution in [0.1, 0.15) is 5.56 Å². The molecular formula is C13H18ClN3. The van der Waals surface area contributed by atoms with Crippen molar-refractivity contribution in [2.24, 2.45) is 0 Å². The van der Waals surface area contributed by atoms with Crippen LogP contribution in [0.4, 0.5) is 5.69 Å². The minimum Gasteiger partial charge on any atom is -0.380 e. The van der Waals surface area contributed by atoms with Crippen molar-refractivity contribution in [3.63, 3.8) is 0 Å². The highest BCUT2D eigenvalue weighted by molar-refractivity contribution is 6.31. The Balaban J connectivity index is 1.63. The molecule has 2 aliphatic rings. The van der Waals surface area contributed by atoms with Gasteiger partial charge in [0.25, 0.3) is 0 Å². The Hall–Kier alpha value is -0.770. The first-order chi connectivity index (χ1) is 8.33. The van der Waals surface area contributed by atoms with Crippen LogP contribution in [-0.2, 0) is 6.42 Å². The lowest BCUT2D eigenvalue weighted by atomic mass is 10.1. The highest BCUT2D eigenvalue weighted by Gasteiger charge is 2.24. The number of fused-ring (bicyclic) bond motifs is 1. The van der Waals surface area contributed by atoms with Gasteiger partial charge in [-0.3, -0.25) is 4.90 Å². The number of nitrogens with one attached hydrogen (secondary N) is 2. The van der Waals surface area contributed by atoms with Crippen molar-refractivity contribution < 1.29 is 0 Å². The summed E-state index contributed by atoms with van der Waals surface area (Å²) in [5, 5.41) is 7.86. The zero-order valence-electron chi connectivity index (χ0n) is 9.88. The summed E-state index contributed by atoms with van der Waals surface area (Å²) in [4.78, 5) is 2.52. The quantitative estimate of drug-likeness (QED) is 0.836. The molecule has 3 nitrogen and oxygen atoms in total. The lowest BCUT2D eigenvalue weighted by molar-refractivity contribution is 0.233. The summed E-state index contributed by atoms with van der Waals surface area (Å²) >= 11 is 6.21. The molecule has 1 aromatic rings. The van der Waals surface area contributed by atoms with Crippen molar-refractivity contribution in [1.82, 2.24) is 10.2 Å². The van der Waals surface area contributed by atoms with Gasteiger partial charge >= 0.3 is 0 Å². The van der Waals surface area contributed by atoms with Crippen LogP contribution in [0.2, 0.25) is 5.02 Å². The van der Waals surface area contributed by atoms with E-state index in [0.29, 0.717) is 6.04 Å². The molecule has 92 valence electrons. The molecule has 0 aliphatic carbocycles. The van der Waals surface area contributed by atoms with Gasteiger partial charge in [-0.1, -0.05) is 17.7 Å². The highest BCUT2D eigenvalue weighted by Crippen LogP contribution is 2.31. The summed E-state index contributed by atoms with van der Waals surface area (Å²) in [6.45, 7) is 5.65. The zero-order valence-corrected chi connectivity index (χ0v) is 10.6. The Morgan fingerprint density at radius 2 is 2.12 bits per heavy atom. The maximum Gasteiger partial charge on any atom is 0.0459 e. The van der Waals surface area contributed by atoms with E-state index in [1.54, 1.807) is 0 Å². The minimum atomic E-state index is 0.517. The fourth-order valence-corrected chi connectivity index (χ4v) is 2.99. The number of nitrogens with zero attached hydrogens (tertiary/aromatic N) is 1. The van der Waals surface area contributed by atoms with E-state index in [1.165, 1.54) is 11.3 Å². The Bertz CT molecular complexity index is 402. The number of rotatable bonds is 2. The Morgan fingerprint density at radius 3 is 2.88 bits per heavy atom. The van der Waals surface area contributed by atoms with E-state index in [4.69, 9.17) is 11.6 Å². The zero-order chi connectivity index (χ0) is 11.7. The van der Waals surface area contributed by atoms with Gasteiger partial charge in [-0.2, -0.15) is 0 Å². The second-order valence-corrected chi connectivity index (χ2v) is 5.27. The van der Waals surface area contributed by atoms with E-state index in [9.17, 15) is 0 Å². The predicted octanol–water partition coefficient (Wildman–Crippen LogP) is 1.58. The van der Waals surface area contributed by atoms with Crippen LogP contribution < -0.4 is 10.6 Å². The maximum absolute atomic E-state index is 6.21. The Labute approximate surface area is 107 Å². The summed E-state index contributed by atoms with van der Waals surface area (Å²) in [5.74, 6) is 0. The molecule has 3 rings (SSSR count). The second kappa shape index (κ2) is 4.84. The first kappa shape index (κ1) is 11.3. The highest BCUT2D eigenvalue weighted by atomic mass is 35.5. The van der Waals surface area contributed by atoms with Gasteiger partial charge in [0.05, 0.1) is 0 Å². The van der Waals surface area contributed by atoms with E-state index < -0.39 is 0 Å². The Morgan fingerprint density at radius 1 is 1.29 bits per heavy atom. The number of piperazine rings is 1. The smallest absolute Gasteiger partial charge is 0.0459 e. The average Bonchev–Trinajstić information content (AvgIpc) is 2.74. The third-order valence-electron chi connectivity index (χ3n) is 3.62. The number of benzene rings is 1. The molecule has 17 heavy (non-hydrogen) atoms. The standard InChI is InChI=1S/C13H18ClN3/c14-12-2-1-3-13-11(12)8-10(16-13)9-17-6-4-15-5-7-17/h1-3,10,15-16H,4-9H2. The van der Waals surface area contributed by atoms with Crippen molar-refractivity contribution in [3.05, 3.63) is 28.8 Å². The minimum absolute atomic E-state index is 0.517. The predicted molar refractivity (Wildman–Crippen MR) is 71.9 cm³/mol. The molecule has 1 unspecified atom stereocenters. The van der Waals surface area contributed by atoms with E-state index in [1.807, 2.05) is 12.1 Å². The summed E-state index contributed by atoms with van der Waals surface area (Å²) in [5.41, 5.74) is 2.51. The van der Waals surface area contributed by atoms with Crippen LogP contribution in [0.25, 0.3) is 0 Å². The number of halogens is 1. The summed E-state index contributed by atoms with van der Waals surface area (Å²) < 4.78 is 0. The van der Waals surface area contributed by atoms with Crippen LogP contribution in [0.15, 0.2) is 18.2 Å². The lowest BCUT2D eigenvalue weighted by Crippen LogP contribution is -2.47. The molecule has 4 heteroatoms. The molecule has 0 amide bonds. The van der Waals surface area contributed by atoms with Gasteiger partial charge in [-0.25, -0.2) is 0 Å². The van der Waals surface area contributed by atoms with E-state index in [0.717, 1.165) is 44.2 Å². The molecule has 1 atom stereocenters. The molecule has 0 radical (unpaired) electrons. The van der Waals surface area contributed by atoms with E-state index >= 15 is 0 Å². The first-order valence-corrected chi connectivity index (χ1v) is 6.68. The van der Waals surface area contributed by atoms with E-state index in [2.05, 4.69) is 21.6 Å². The van der Waals surface area contributed by atoms with Crippen LogP contribution in [-0.4, -0.2) is 43.7 Å². The normalized spacial score (nSPS) is 24.4. The second-order valence-electron chi connectivity index (χ2n) is 4.86. The summed E-state index contributed by atoms with van der Waals surface area (Å²) in [6.07, 6.45) is 1.05. The Kier molecular flexibility index (Phi) is 3.23. The third-order valence-corrected chi connectivity index (χ3v) is 3.97. The monoisotopic (exact) mass is 251 g/mol. The van der Waals surface area contributed by atoms with Crippen molar-refractivity contribution in [1.29, 1.82) is 0 Å². The van der Waals surface area contributed by atoms with Crippen molar-refractivity contribution in [2.75, 3.05) is 38.0 Å². The topological polar surface area (TPSA) is 27.3 Å². The lowest BCUT2D eigenvalue weighted by Gasteiger charge is -2.29. The molecule has 1 saturated heterocycles.